The van der Waals surface area contributed by atoms with Gasteiger partial charge in [0.2, 0.25) is 0 Å². The zero-order valence-electron chi connectivity index (χ0n) is 20.2. The second-order valence-electron chi connectivity index (χ2n) is 9.16. The third-order valence-corrected chi connectivity index (χ3v) is 6.05. The molecule has 0 atom stereocenters. The maximum Gasteiger partial charge on any atom is 0.335 e. The summed E-state index contributed by atoms with van der Waals surface area (Å²) in [6, 6.07) is 23.4. The summed E-state index contributed by atoms with van der Waals surface area (Å²) in [7, 11) is 0. The first kappa shape index (κ1) is 24.2. The fourth-order valence-electron chi connectivity index (χ4n) is 3.79. The second-order valence-corrected chi connectivity index (χ2v) is 9.16. The maximum absolute atomic E-state index is 13.2. The van der Waals surface area contributed by atoms with Crippen LogP contribution >= 0.6 is 0 Å². The van der Waals surface area contributed by atoms with Gasteiger partial charge in [-0.3, -0.25) is 4.79 Å². The average molecular weight is 468 g/mol. The number of aliphatic carboxylic acids is 1. The molecular formula is C30H29NO4. The molecule has 0 radical (unpaired) electrons. The van der Waals surface area contributed by atoms with Gasteiger partial charge < -0.3 is 14.4 Å². The van der Waals surface area contributed by atoms with Crippen molar-refractivity contribution in [2.24, 2.45) is 0 Å². The van der Waals surface area contributed by atoms with E-state index < -0.39 is 11.6 Å². The van der Waals surface area contributed by atoms with Crippen LogP contribution in [0.15, 0.2) is 85.1 Å². The predicted octanol–water partition coefficient (Wildman–Crippen LogP) is 6.27. The number of carboxylic acid groups (broad SMARTS) is 1. The first-order valence-electron chi connectivity index (χ1n) is 11.6. The molecule has 4 rings (SSSR count). The first-order valence-corrected chi connectivity index (χ1v) is 11.6. The standard InChI is InChI=1S/C30H29NO4/c1-21-10-16-24(17-11-21)28(32)26-19-31(27-9-5-4-8-25(26)27)18-6-7-22-12-14-23(15-13-22)20-35-30(2,3)29(33)34/h4-17,19H,18,20H2,1-3H3,(H,33,34)/b7-6+. The van der Waals surface area contributed by atoms with Gasteiger partial charge in [-0.1, -0.05) is 84.4 Å². The molecule has 0 aliphatic rings. The molecule has 0 spiro atoms. The van der Waals surface area contributed by atoms with Crippen LogP contribution in [0.3, 0.4) is 0 Å². The molecule has 178 valence electrons. The van der Waals surface area contributed by atoms with Crippen molar-refractivity contribution in [1.82, 2.24) is 4.57 Å². The lowest BCUT2D eigenvalue weighted by molar-refractivity contribution is -0.162. The number of benzene rings is 3. The molecule has 3 aromatic carbocycles. The van der Waals surface area contributed by atoms with E-state index >= 15 is 0 Å². The largest absolute Gasteiger partial charge is 0.479 e. The molecule has 5 heteroatoms. The number of ketones is 1. The highest BCUT2D eigenvalue weighted by Gasteiger charge is 2.27. The highest BCUT2D eigenvalue weighted by molar-refractivity contribution is 6.16. The van der Waals surface area contributed by atoms with Gasteiger partial charge in [0, 0.05) is 34.8 Å². The molecule has 1 heterocycles. The van der Waals surface area contributed by atoms with Crippen LogP contribution in [0.2, 0.25) is 0 Å². The zero-order chi connectivity index (χ0) is 25.0. The highest BCUT2D eigenvalue weighted by Crippen LogP contribution is 2.24. The van der Waals surface area contributed by atoms with Gasteiger partial charge in [-0.25, -0.2) is 4.79 Å². The number of hydrogen-bond donors (Lipinski definition) is 1. The fraction of sp³-hybridized carbons (Fsp3) is 0.200. The molecule has 1 N–H and O–H groups in total. The van der Waals surface area contributed by atoms with Crippen LogP contribution in [0, 0.1) is 6.92 Å². The van der Waals surface area contributed by atoms with Crippen molar-refractivity contribution >= 4 is 28.7 Å². The van der Waals surface area contributed by atoms with Crippen LogP contribution in [0.25, 0.3) is 17.0 Å². The van der Waals surface area contributed by atoms with E-state index in [9.17, 15) is 9.59 Å². The Labute approximate surface area is 205 Å². The summed E-state index contributed by atoms with van der Waals surface area (Å²) >= 11 is 0. The summed E-state index contributed by atoms with van der Waals surface area (Å²) in [5.74, 6) is -0.967. The number of nitrogens with zero attached hydrogens (tertiary/aromatic N) is 1. The van der Waals surface area contributed by atoms with Crippen LogP contribution < -0.4 is 0 Å². The number of aryl methyl sites for hydroxylation is 1. The lowest BCUT2D eigenvalue weighted by atomic mass is 10.0. The van der Waals surface area contributed by atoms with E-state index in [2.05, 4.69) is 10.6 Å². The number of rotatable bonds is 9. The third-order valence-electron chi connectivity index (χ3n) is 6.05. The molecule has 4 aromatic rings. The summed E-state index contributed by atoms with van der Waals surface area (Å²) in [5, 5.41) is 10.1. The summed E-state index contributed by atoms with van der Waals surface area (Å²) in [6.07, 6.45) is 6.02. The third kappa shape index (κ3) is 5.58. The van der Waals surface area contributed by atoms with Gasteiger partial charge in [0.15, 0.2) is 11.4 Å². The molecule has 0 fully saturated rings. The van der Waals surface area contributed by atoms with E-state index in [1.165, 1.54) is 13.8 Å². The van der Waals surface area contributed by atoms with Crippen LogP contribution in [0.4, 0.5) is 0 Å². The first-order chi connectivity index (χ1) is 16.7. The van der Waals surface area contributed by atoms with Crippen molar-refractivity contribution < 1.29 is 19.4 Å². The molecule has 0 aliphatic carbocycles. The SMILES string of the molecule is Cc1ccc(C(=O)c2cn(C/C=C/c3ccc(COC(C)(C)C(=O)O)cc3)c3ccccc23)cc1. The molecule has 35 heavy (non-hydrogen) atoms. The van der Waals surface area contributed by atoms with Crippen molar-refractivity contribution in [2.75, 3.05) is 0 Å². The number of carboxylic acids is 1. The molecule has 1 aromatic heterocycles. The smallest absolute Gasteiger partial charge is 0.335 e. The number of carbonyl (C=O) groups excluding carboxylic acids is 1. The minimum absolute atomic E-state index is 0.0211. The number of ether oxygens (including phenoxy) is 1. The normalized spacial score (nSPS) is 11.9. The van der Waals surface area contributed by atoms with Crippen LogP contribution in [-0.2, 0) is 22.7 Å². The average Bonchev–Trinajstić information content (AvgIpc) is 3.22. The Morgan fingerprint density at radius 3 is 2.34 bits per heavy atom. The Morgan fingerprint density at radius 2 is 1.66 bits per heavy atom. The van der Waals surface area contributed by atoms with Crippen LogP contribution in [0.5, 0.6) is 0 Å². The van der Waals surface area contributed by atoms with Crippen LogP contribution in [0.1, 0.15) is 46.5 Å². The van der Waals surface area contributed by atoms with Gasteiger partial charge in [-0.15, -0.1) is 0 Å². The highest BCUT2D eigenvalue weighted by atomic mass is 16.5. The number of aromatic nitrogens is 1. The topological polar surface area (TPSA) is 68.5 Å². The van der Waals surface area contributed by atoms with E-state index in [4.69, 9.17) is 9.84 Å². The molecule has 0 unspecified atom stereocenters. The van der Waals surface area contributed by atoms with E-state index in [1.807, 2.05) is 92.0 Å². The fourth-order valence-corrected chi connectivity index (χ4v) is 3.79. The molecular weight excluding hydrogens is 438 g/mol. The maximum atomic E-state index is 13.2. The summed E-state index contributed by atoms with van der Waals surface area (Å²) in [5.41, 5.74) is 4.24. The van der Waals surface area contributed by atoms with Crippen molar-refractivity contribution in [1.29, 1.82) is 0 Å². The lowest BCUT2D eigenvalue weighted by Gasteiger charge is -2.20. The van der Waals surface area contributed by atoms with E-state index in [-0.39, 0.29) is 12.4 Å². The molecule has 0 bridgehead atoms. The van der Waals surface area contributed by atoms with Gasteiger partial charge in [0.1, 0.15) is 0 Å². The minimum Gasteiger partial charge on any atom is -0.479 e. The summed E-state index contributed by atoms with van der Waals surface area (Å²) < 4.78 is 7.59. The predicted molar refractivity (Wildman–Crippen MR) is 139 cm³/mol. The van der Waals surface area contributed by atoms with E-state index in [1.54, 1.807) is 0 Å². The van der Waals surface area contributed by atoms with Gasteiger partial charge in [0.05, 0.1) is 6.61 Å². The van der Waals surface area contributed by atoms with E-state index in [0.29, 0.717) is 17.7 Å². The Balaban J connectivity index is 1.47. The summed E-state index contributed by atoms with van der Waals surface area (Å²) in [4.78, 5) is 24.4. The number of fused-ring (bicyclic) bond motifs is 1. The van der Waals surface area contributed by atoms with Gasteiger partial charge in [-0.2, -0.15) is 0 Å². The van der Waals surface area contributed by atoms with Crippen molar-refractivity contribution in [3.05, 3.63) is 113 Å². The Kier molecular flexibility index (Phi) is 6.99. The van der Waals surface area contributed by atoms with Gasteiger partial charge >= 0.3 is 5.97 Å². The molecule has 0 aliphatic heterocycles. The van der Waals surface area contributed by atoms with Gasteiger partial charge in [0.25, 0.3) is 0 Å². The van der Waals surface area contributed by atoms with E-state index in [0.717, 1.165) is 27.6 Å². The Morgan fingerprint density at radius 1 is 0.971 bits per heavy atom. The lowest BCUT2D eigenvalue weighted by Crippen LogP contribution is -2.34. The number of para-hydroxylation sites is 1. The monoisotopic (exact) mass is 467 g/mol. The quantitative estimate of drug-likeness (QED) is 0.294. The molecule has 5 nitrogen and oxygen atoms in total. The number of hydrogen-bond acceptors (Lipinski definition) is 3. The minimum atomic E-state index is -1.22. The van der Waals surface area contributed by atoms with Gasteiger partial charge in [-0.05, 0) is 38.0 Å². The second kappa shape index (κ2) is 10.1. The number of allylic oxidation sites excluding steroid dienone is 1. The van der Waals surface area contributed by atoms with Crippen molar-refractivity contribution in [3.63, 3.8) is 0 Å². The summed E-state index contributed by atoms with van der Waals surface area (Å²) in [6.45, 7) is 5.94. The van der Waals surface area contributed by atoms with Crippen molar-refractivity contribution in [2.45, 2.75) is 39.5 Å². The molecule has 0 saturated heterocycles. The Hall–Kier alpha value is -3.96. The Bertz CT molecular complexity index is 1380. The molecule has 0 amide bonds. The van der Waals surface area contributed by atoms with Crippen molar-refractivity contribution in [3.8, 4) is 0 Å². The van der Waals surface area contributed by atoms with Crippen LogP contribution in [-0.4, -0.2) is 27.0 Å². The molecule has 0 saturated carbocycles. The number of carbonyl (C=O) groups is 2. The zero-order valence-corrected chi connectivity index (χ0v) is 20.2.